The number of hydrogen-bond acceptors (Lipinski definition) is 2. The molecule has 2 nitrogen and oxygen atoms in total. The van der Waals surface area contributed by atoms with Crippen molar-refractivity contribution in [1.82, 2.24) is 9.55 Å². The van der Waals surface area contributed by atoms with Crippen molar-refractivity contribution in [3.63, 3.8) is 0 Å². The maximum Gasteiger partial charge on any atom is 0.177 e. The third kappa shape index (κ3) is 2.52. The summed E-state index contributed by atoms with van der Waals surface area (Å²) in [7, 11) is 2.02. The van der Waals surface area contributed by atoms with Gasteiger partial charge in [0.15, 0.2) is 4.73 Å². The fourth-order valence-electron chi connectivity index (χ4n) is 0.806. The lowest BCUT2D eigenvalue weighted by Gasteiger charge is -2.05. The summed E-state index contributed by atoms with van der Waals surface area (Å²) in [6.45, 7) is 4.41. The summed E-state index contributed by atoms with van der Waals surface area (Å²) in [6.07, 6.45) is 1.92. The second-order valence-electron chi connectivity index (χ2n) is 2.94. The molecule has 1 heterocycles. The van der Waals surface area contributed by atoms with Crippen LogP contribution >= 0.6 is 27.7 Å². The molecule has 0 aromatic carbocycles. The Morgan fingerprint density at radius 3 is 2.75 bits per heavy atom. The van der Waals surface area contributed by atoms with Crippen LogP contribution in [0.3, 0.4) is 0 Å². The van der Waals surface area contributed by atoms with Crippen LogP contribution in [0, 0.1) is 0 Å². The molecule has 0 radical (unpaired) electrons. The van der Waals surface area contributed by atoms with Crippen LogP contribution in [-0.2, 0) is 12.8 Å². The van der Waals surface area contributed by atoms with Crippen LogP contribution in [0.25, 0.3) is 0 Å². The van der Waals surface area contributed by atoms with E-state index in [9.17, 15) is 0 Å². The third-order valence-electron chi connectivity index (χ3n) is 1.59. The Bertz CT molecular complexity index is 258. The van der Waals surface area contributed by atoms with Crippen LogP contribution in [0.1, 0.15) is 19.5 Å². The molecule has 0 N–H and O–H groups in total. The SMILES string of the molecule is CC(C)SCc1cnc(Br)n1C. The van der Waals surface area contributed by atoms with Gasteiger partial charge in [0.1, 0.15) is 0 Å². The Morgan fingerprint density at radius 1 is 1.67 bits per heavy atom. The third-order valence-corrected chi connectivity index (χ3v) is 3.46. The van der Waals surface area contributed by atoms with Gasteiger partial charge >= 0.3 is 0 Å². The molecule has 0 atom stereocenters. The minimum absolute atomic E-state index is 0.679. The Kier molecular flexibility index (Phi) is 3.65. The minimum Gasteiger partial charge on any atom is -0.325 e. The zero-order valence-electron chi connectivity index (χ0n) is 7.54. The summed E-state index contributed by atoms with van der Waals surface area (Å²) >= 11 is 5.30. The summed E-state index contributed by atoms with van der Waals surface area (Å²) < 4.78 is 2.97. The molecular formula is C8H13BrN2S. The summed E-state index contributed by atoms with van der Waals surface area (Å²) in [4.78, 5) is 4.16. The fraction of sp³-hybridized carbons (Fsp3) is 0.625. The highest BCUT2D eigenvalue weighted by Crippen LogP contribution is 2.18. The standard InChI is InChI=1S/C8H13BrN2S/c1-6(2)12-5-7-4-10-8(9)11(7)3/h4,6H,5H2,1-3H3. The molecule has 0 aliphatic carbocycles. The second-order valence-corrected chi connectivity index (χ2v) is 5.21. The van der Waals surface area contributed by atoms with Gasteiger partial charge in [0, 0.05) is 18.5 Å². The lowest BCUT2D eigenvalue weighted by molar-refractivity contribution is 0.839. The molecule has 68 valence electrons. The molecule has 0 unspecified atom stereocenters. The number of aromatic nitrogens is 2. The van der Waals surface area contributed by atoms with Crippen molar-refractivity contribution in [1.29, 1.82) is 0 Å². The summed E-state index contributed by atoms with van der Waals surface area (Å²) in [5, 5.41) is 0.679. The van der Waals surface area contributed by atoms with Crippen molar-refractivity contribution in [2.45, 2.75) is 24.9 Å². The van der Waals surface area contributed by atoms with E-state index in [4.69, 9.17) is 0 Å². The largest absolute Gasteiger partial charge is 0.325 e. The van der Waals surface area contributed by atoms with Crippen LogP contribution in [0.4, 0.5) is 0 Å². The smallest absolute Gasteiger partial charge is 0.177 e. The van der Waals surface area contributed by atoms with Crippen LogP contribution < -0.4 is 0 Å². The second kappa shape index (κ2) is 4.33. The van der Waals surface area contributed by atoms with Crippen molar-refractivity contribution in [2.24, 2.45) is 7.05 Å². The van der Waals surface area contributed by atoms with Gasteiger partial charge in [-0.2, -0.15) is 11.8 Å². The van der Waals surface area contributed by atoms with E-state index in [1.54, 1.807) is 0 Å². The molecule has 12 heavy (non-hydrogen) atoms. The van der Waals surface area contributed by atoms with Crippen molar-refractivity contribution in [2.75, 3.05) is 0 Å². The first-order valence-corrected chi connectivity index (χ1v) is 5.73. The molecule has 0 aliphatic heterocycles. The van der Waals surface area contributed by atoms with Gasteiger partial charge in [-0.25, -0.2) is 4.98 Å². The molecule has 4 heteroatoms. The van der Waals surface area contributed by atoms with E-state index in [1.807, 2.05) is 25.0 Å². The summed E-state index contributed by atoms with van der Waals surface area (Å²) in [5.74, 6) is 1.03. The molecule has 1 aromatic heterocycles. The van der Waals surface area contributed by atoms with Gasteiger partial charge in [0.25, 0.3) is 0 Å². The first-order valence-electron chi connectivity index (χ1n) is 3.89. The van der Waals surface area contributed by atoms with Crippen molar-refractivity contribution < 1.29 is 0 Å². The molecule has 0 bridgehead atoms. The summed E-state index contributed by atoms with van der Waals surface area (Å²) in [5.41, 5.74) is 1.26. The van der Waals surface area contributed by atoms with Gasteiger partial charge < -0.3 is 4.57 Å². The van der Waals surface area contributed by atoms with Gasteiger partial charge in [0.2, 0.25) is 0 Å². The maximum absolute atomic E-state index is 4.16. The van der Waals surface area contributed by atoms with E-state index in [0.29, 0.717) is 5.25 Å². The summed E-state index contributed by atoms with van der Waals surface area (Å²) in [6, 6.07) is 0. The number of halogens is 1. The fourth-order valence-corrected chi connectivity index (χ4v) is 1.91. The van der Waals surface area contributed by atoms with Gasteiger partial charge in [-0.1, -0.05) is 13.8 Å². The van der Waals surface area contributed by atoms with Gasteiger partial charge in [-0.05, 0) is 21.2 Å². The van der Waals surface area contributed by atoms with E-state index in [-0.39, 0.29) is 0 Å². The predicted molar refractivity (Wildman–Crippen MR) is 57.3 cm³/mol. The van der Waals surface area contributed by atoms with Crippen LogP contribution in [0.15, 0.2) is 10.9 Å². The lowest BCUT2D eigenvalue weighted by atomic mass is 10.5. The van der Waals surface area contributed by atoms with Crippen LogP contribution in [0.2, 0.25) is 0 Å². The maximum atomic E-state index is 4.16. The molecule has 0 spiro atoms. The van der Waals surface area contributed by atoms with Crippen molar-refractivity contribution in [3.8, 4) is 0 Å². The van der Waals surface area contributed by atoms with Gasteiger partial charge in [-0.15, -0.1) is 0 Å². The van der Waals surface area contributed by atoms with Crippen LogP contribution in [0.5, 0.6) is 0 Å². The Labute approximate surface area is 85.9 Å². The highest BCUT2D eigenvalue weighted by atomic mass is 79.9. The molecule has 0 saturated heterocycles. The molecule has 0 amide bonds. The highest BCUT2D eigenvalue weighted by Gasteiger charge is 2.04. The molecule has 0 saturated carbocycles. The van der Waals surface area contributed by atoms with Gasteiger partial charge in [-0.3, -0.25) is 0 Å². The van der Waals surface area contributed by atoms with Crippen molar-refractivity contribution >= 4 is 27.7 Å². The van der Waals surface area contributed by atoms with Crippen molar-refractivity contribution in [3.05, 3.63) is 16.6 Å². The van der Waals surface area contributed by atoms with Crippen LogP contribution in [-0.4, -0.2) is 14.8 Å². The first-order chi connectivity index (χ1) is 5.61. The Hall–Kier alpha value is 0.0400. The zero-order chi connectivity index (χ0) is 9.14. The number of hydrogen-bond donors (Lipinski definition) is 0. The average molecular weight is 249 g/mol. The molecule has 1 rings (SSSR count). The zero-order valence-corrected chi connectivity index (χ0v) is 9.94. The highest BCUT2D eigenvalue weighted by molar-refractivity contribution is 9.10. The Morgan fingerprint density at radius 2 is 2.33 bits per heavy atom. The number of nitrogens with zero attached hydrogens (tertiary/aromatic N) is 2. The van der Waals surface area contributed by atoms with E-state index in [0.717, 1.165) is 10.5 Å². The monoisotopic (exact) mass is 248 g/mol. The number of imidazole rings is 1. The van der Waals surface area contributed by atoms with Gasteiger partial charge in [0.05, 0.1) is 6.20 Å². The van der Waals surface area contributed by atoms with E-state index < -0.39 is 0 Å². The normalized spacial score (nSPS) is 11.1. The minimum atomic E-state index is 0.679. The quantitative estimate of drug-likeness (QED) is 0.819. The van der Waals surface area contributed by atoms with E-state index in [2.05, 4.69) is 39.3 Å². The average Bonchev–Trinajstić information content (AvgIpc) is 2.30. The molecular weight excluding hydrogens is 236 g/mol. The predicted octanol–water partition coefficient (Wildman–Crippen LogP) is 2.82. The first kappa shape index (κ1) is 10.1. The molecule has 0 aliphatic rings. The van der Waals surface area contributed by atoms with E-state index in [1.165, 1.54) is 5.69 Å². The lowest BCUT2D eigenvalue weighted by Crippen LogP contribution is -1.96. The number of thioether (sulfide) groups is 1. The topological polar surface area (TPSA) is 17.8 Å². The molecule has 1 aromatic rings. The molecule has 0 fully saturated rings. The van der Waals surface area contributed by atoms with E-state index >= 15 is 0 Å². The Balaban J connectivity index is 2.58. The number of rotatable bonds is 3.